The standard InChI is InChI=1S/C12H12BN3O/c1-6-3-8-5-7(2)11(16-14)12(17)10(8)9(4-6)15-13/h3-5,14-15,17H,1-2H3. The molecule has 0 aliphatic heterocycles. The summed E-state index contributed by atoms with van der Waals surface area (Å²) in [7, 11) is 5.44. The summed E-state index contributed by atoms with van der Waals surface area (Å²) in [5.41, 5.74) is 9.79. The Labute approximate surface area is 101 Å². The molecule has 0 fully saturated rings. The molecule has 0 aliphatic carbocycles. The third kappa shape index (κ3) is 1.73. The lowest BCUT2D eigenvalue weighted by Gasteiger charge is -2.12. The van der Waals surface area contributed by atoms with Crippen LogP contribution in [0.15, 0.2) is 23.3 Å². The molecule has 2 rings (SSSR count). The largest absolute Gasteiger partial charge is 0.505 e. The van der Waals surface area contributed by atoms with E-state index < -0.39 is 0 Å². The number of rotatable bonds is 2. The van der Waals surface area contributed by atoms with Gasteiger partial charge >= 0.3 is 0 Å². The van der Waals surface area contributed by atoms with Crippen molar-refractivity contribution in [1.29, 1.82) is 5.53 Å². The molecule has 0 atom stereocenters. The van der Waals surface area contributed by atoms with E-state index in [1.807, 2.05) is 32.0 Å². The molecule has 0 heterocycles. The van der Waals surface area contributed by atoms with Gasteiger partial charge in [0.05, 0.1) is 0 Å². The smallest absolute Gasteiger partial charge is 0.222 e. The summed E-state index contributed by atoms with van der Waals surface area (Å²) < 4.78 is 0. The van der Waals surface area contributed by atoms with E-state index in [4.69, 9.17) is 13.5 Å². The molecular weight excluding hydrogens is 213 g/mol. The van der Waals surface area contributed by atoms with Gasteiger partial charge in [-0.3, -0.25) is 0 Å². The first kappa shape index (κ1) is 11.5. The second-order valence-corrected chi connectivity index (χ2v) is 4.06. The van der Waals surface area contributed by atoms with Gasteiger partial charge in [-0.05, 0) is 42.5 Å². The molecule has 2 radical (unpaired) electrons. The Hall–Kier alpha value is -2.04. The Morgan fingerprint density at radius 2 is 2.00 bits per heavy atom. The zero-order valence-corrected chi connectivity index (χ0v) is 9.70. The number of nitrogens with one attached hydrogen (secondary N) is 2. The average molecular weight is 225 g/mol. The first-order chi connectivity index (χ1) is 8.08. The lowest BCUT2D eigenvalue weighted by Crippen LogP contribution is -1.94. The van der Waals surface area contributed by atoms with Crippen molar-refractivity contribution >= 4 is 30.1 Å². The SMILES string of the molecule is [B]Nc1cc(C)cc2cc(C)c(N=N)c(O)c12. The minimum Gasteiger partial charge on any atom is -0.505 e. The fourth-order valence-corrected chi connectivity index (χ4v) is 2.05. The molecule has 5 heteroatoms. The van der Waals surface area contributed by atoms with Crippen LogP contribution < -0.4 is 5.23 Å². The number of anilines is 1. The van der Waals surface area contributed by atoms with E-state index in [-0.39, 0.29) is 11.4 Å². The predicted molar refractivity (Wildman–Crippen MR) is 69.3 cm³/mol. The third-order valence-corrected chi connectivity index (χ3v) is 2.79. The minimum atomic E-state index is -0.0112. The van der Waals surface area contributed by atoms with E-state index in [1.165, 1.54) is 0 Å². The van der Waals surface area contributed by atoms with E-state index >= 15 is 0 Å². The van der Waals surface area contributed by atoms with Crippen molar-refractivity contribution in [2.75, 3.05) is 5.23 Å². The maximum Gasteiger partial charge on any atom is 0.222 e. The van der Waals surface area contributed by atoms with Crippen LogP contribution in [0, 0.1) is 19.4 Å². The van der Waals surface area contributed by atoms with E-state index in [2.05, 4.69) is 10.3 Å². The number of aryl methyl sites for hydroxylation is 2. The number of aromatic hydroxyl groups is 1. The predicted octanol–water partition coefficient (Wildman–Crippen LogP) is 3.32. The van der Waals surface area contributed by atoms with Gasteiger partial charge in [0.2, 0.25) is 7.98 Å². The first-order valence-corrected chi connectivity index (χ1v) is 5.19. The summed E-state index contributed by atoms with van der Waals surface area (Å²) in [6.45, 7) is 3.76. The third-order valence-electron chi connectivity index (χ3n) is 2.79. The van der Waals surface area contributed by atoms with Crippen LogP contribution >= 0.6 is 0 Å². The molecule has 0 bridgehead atoms. The molecule has 0 amide bonds. The number of nitrogens with zero attached hydrogens (tertiary/aromatic N) is 1. The van der Waals surface area contributed by atoms with Crippen LogP contribution in [0.1, 0.15) is 11.1 Å². The highest BCUT2D eigenvalue weighted by Gasteiger charge is 2.13. The van der Waals surface area contributed by atoms with Crippen LogP contribution in [0.5, 0.6) is 5.75 Å². The number of phenols is 1. The molecule has 0 unspecified atom stereocenters. The Kier molecular flexibility index (Phi) is 2.75. The van der Waals surface area contributed by atoms with Gasteiger partial charge in [0.15, 0.2) is 5.75 Å². The topological polar surface area (TPSA) is 68.5 Å². The van der Waals surface area contributed by atoms with Gasteiger partial charge in [-0.15, -0.1) is 0 Å². The Morgan fingerprint density at radius 3 is 2.59 bits per heavy atom. The molecule has 84 valence electrons. The summed E-state index contributed by atoms with van der Waals surface area (Å²) in [4.78, 5) is 0. The number of hydrogen-bond acceptors (Lipinski definition) is 4. The van der Waals surface area contributed by atoms with Crippen LogP contribution in [0.25, 0.3) is 10.8 Å². The summed E-state index contributed by atoms with van der Waals surface area (Å²) >= 11 is 0. The number of hydrogen-bond donors (Lipinski definition) is 3. The first-order valence-electron chi connectivity index (χ1n) is 5.19. The van der Waals surface area contributed by atoms with Crippen molar-refractivity contribution in [3.05, 3.63) is 29.3 Å². The monoisotopic (exact) mass is 225 g/mol. The highest BCUT2D eigenvalue weighted by Crippen LogP contribution is 2.41. The van der Waals surface area contributed by atoms with Crippen LogP contribution in [-0.2, 0) is 0 Å². The van der Waals surface area contributed by atoms with Crippen molar-refractivity contribution in [2.24, 2.45) is 5.11 Å². The van der Waals surface area contributed by atoms with E-state index in [9.17, 15) is 5.11 Å². The van der Waals surface area contributed by atoms with Crippen molar-refractivity contribution in [3.8, 4) is 5.75 Å². The van der Waals surface area contributed by atoms with Gasteiger partial charge in [-0.2, -0.15) is 5.11 Å². The van der Waals surface area contributed by atoms with E-state index in [1.54, 1.807) is 0 Å². The molecule has 0 saturated carbocycles. The van der Waals surface area contributed by atoms with Gasteiger partial charge in [0.25, 0.3) is 0 Å². The van der Waals surface area contributed by atoms with Gasteiger partial charge in [-0.25, -0.2) is 5.53 Å². The molecule has 0 spiro atoms. The summed E-state index contributed by atoms with van der Waals surface area (Å²) in [6.07, 6.45) is 0. The van der Waals surface area contributed by atoms with Crippen molar-refractivity contribution < 1.29 is 5.11 Å². The molecule has 4 nitrogen and oxygen atoms in total. The summed E-state index contributed by atoms with van der Waals surface area (Å²) in [5.74, 6) is -0.0112. The van der Waals surface area contributed by atoms with Crippen LogP contribution in [0.2, 0.25) is 0 Å². The highest BCUT2D eigenvalue weighted by atomic mass is 16.3. The Bertz CT molecular complexity index is 610. The molecule has 0 aromatic heterocycles. The second kappa shape index (κ2) is 4.09. The zero-order valence-electron chi connectivity index (χ0n) is 9.70. The van der Waals surface area contributed by atoms with Crippen LogP contribution in [0.3, 0.4) is 0 Å². The van der Waals surface area contributed by atoms with E-state index in [0.717, 1.165) is 16.5 Å². The highest BCUT2D eigenvalue weighted by molar-refractivity contribution is 6.20. The zero-order chi connectivity index (χ0) is 12.6. The molecule has 17 heavy (non-hydrogen) atoms. The minimum absolute atomic E-state index is 0.0112. The fraction of sp³-hybridized carbons (Fsp3) is 0.167. The number of fused-ring (bicyclic) bond motifs is 1. The second-order valence-electron chi connectivity index (χ2n) is 4.06. The van der Waals surface area contributed by atoms with Crippen LogP contribution in [-0.4, -0.2) is 13.1 Å². The fourth-order valence-electron chi connectivity index (χ4n) is 2.05. The molecule has 0 aliphatic rings. The number of benzene rings is 2. The molecule has 2 aromatic rings. The summed E-state index contributed by atoms with van der Waals surface area (Å²) in [5, 5.41) is 17.5. The van der Waals surface area contributed by atoms with Gasteiger partial charge < -0.3 is 10.3 Å². The molecule has 3 N–H and O–H groups in total. The maximum atomic E-state index is 10.1. The maximum absolute atomic E-state index is 10.1. The van der Waals surface area contributed by atoms with E-state index in [0.29, 0.717) is 11.1 Å². The van der Waals surface area contributed by atoms with Gasteiger partial charge in [0.1, 0.15) is 5.69 Å². The molecular formula is C12H12BN3O. The quantitative estimate of drug-likeness (QED) is 0.542. The summed E-state index contributed by atoms with van der Waals surface area (Å²) in [6, 6.07) is 5.68. The van der Waals surface area contributed by atoms with Crippen LogP contribution in [0.4, 0.5) is 11.4 Å². The Morgan fingerprint density at radius 1 is 1.29 bits per heavy atom. The lowest BCUT2D eigenvalue weighted by molar-refractivity contribution is 0.482. The van der Waals surface area contributed by atoms with Crippen molar-refractivity contribution in [2.45, 2.75) is 13.8 Å². The van der Waals surface area contributed by atoms with Crippen molar-refractivity contribution in [1.82, 2.24) is 0 Å². The normalized spacial score (nSPS) is 10.5. The van der Waals surface area contributed by atoms with Crippen molar-refractivity contribution in [3.63, 3.8) is 0 Å². The average Bonchev–Trinajstić information content (AvgIpc) is 2.27. The molecule has 2 aromatic carbocycles. The molecule has 0 saturated heterocycles. The Balaban J connectivity index is 2.96. The lowest BCUT2D eigenvalue weighted by atomic mass is 10.00. The van der Waals surface area contributed by atoms with Gasteiger partial charge in [0, 0.05) is 11.1 Å². The van der Waals surface area contributed by atoms with Gasteiger partial charge in [-0.1, -0.05) is 6.07 Å². The number of phenolic OH excluding ortho intramolecular Hbond substituents is 1.